The molecule has 0 bridgehead atoms. The summed E-state index contributed by atoms with van der Waals surface area (Å²) in [7, 11) is 0. The summed E-state index contributed by atoms with van der Waals surface area (Å²) in [6.07, 6.45) is 3.86. The maximum absolute atomic E-state index is 12.8. The van der Waals surface area contributed by atoms with Gasteiger partial charge in [0, 0.05) is 35.7 Å². The Balaban J connectivity index is 1.45. The van der Waals surface area contributed by atoms with Crippen LogP contribution in [0.15, 0.2) is 54.9 Å². The minimum absolute atomic E-state index is 0.171. The summed E-state index contributed by atoms with van der Waals surface area (Å²) in [5, 5.41) is 4.40. The molecule has 0 spiro atoms. The molecule has 1 aliphatic rings. The van der Waals surface area contributed by atoms with Gasteiger partial charge in [-0.1, -0.05) is 24.3 Å². The molecule has 0 fully saturated rings. The molecule has 0 unspecified atom stereocenters. The molecule has 0 radical (unpaired) electrons. The van der Waals surface area contributed by atoms with Crippen molar-refractivity contribution in [3.05, 3.63) is 71.5 Å². The molecule has 0 aliphatic carbocycles. The van der Waals surface area contributed by atoms with Crippen molar-refractivity contribution in [3.8, 4) is 0 Å². The topological polar surface area (TPSA) is 79.4 Å². The van der Waals surface area contributed by atoms with Crippen molar-refractivity contribution >= 4 is 34.2 Å². The number of rotatable bonds is 5. The van der Waals surface area contributed by atoms with Crippen molar-refractivity contribution in [2.75, 3.05) is 11.9 Å². The summed E-state index contributed by atoms with van der Waals surface area (Å²) in [4.78, 5) is 43.1. The lowest BCUT2D eigenvalue weighted by atomic mass is 9.94. The summed E-state index contributed by atoms with van der Waals surface area (Å²) in [5.74, 6) is -0.786. The second-order valence-electron chi connectivity index (χ2n) is 6.81. The van der Waals surface area contributed by atoms with Gasteiger partial charge in [-0.25, -0.2) is 0 Å². The van der Waals surface area contributed by atoms with E-state index in [-0.39, 0.29) is 30.7 Å². The maximum atomic E-state index is 12.8. The molecule has 0 saturated heterocycles. The van der Waals surface area contributed by atoms with Crippen LogP contribution in [0.3, 0.4) is 0 Å². The minimum Gasteiger partial charge on any atom is -0.325 e. The Labute approximate surface area is 162 Å². The molecule has 6 heteroatoms. The number of benzene rings is 2. The standard InChI is InChI=1S/C22H19N3O3/c1-14-10-11-23-13-18(14)24-19(26)9-4-12-25-21(27)16-7-2-5-15-6-3-8-17(20(15)16)22(25)28/h2-3,5-8,10-11,13H,4,9,12H2,1H3,(H,24,26). The van der Waals surface area contributed by atoms with Crippen molar-refractivity contribution < 1.29 is 14.4 Å². The molecule has 4 rings (SSSR count). The summed E-state index contributed by atoms with van der Waals surface area (Å²) in [5.41, 5.74) is 2.65. The molecule has 0 saturated carbocycles. The number of carbonyl (C=O) groups is 3. The summed E-state index contributed by atoms with van der Waals surface area (Å²) in [6.45, 7) is 2.09. The van der Waals surface area contributed by atoms with Gasteiger partial charge in [0.1, 0.15) is 0 Å². The van der Waals surface area contributed by atoms with Crippen LogP contribution in [0, 0.1) is 6.92 Å². The van der Waals surface area contributed by atoms with E-state index < -0.39 is 0 Å². The van der Waals surface area contributed by atoms with Gasteiger partial charge in [0.05, 0.1) is 11.9 Å². The van der Waals surface area contributed by atoms with E-state index in [1.54, 1.807) is 24.5 Å². The number of aromatic nitrogens is 1. The molecule has 0 atom stereocenters. The Kier molecular flexibility index (Phi) is 4.61. The smallest absolute Gasteiger partial charge is 0.261 e. The van der Waals surface area contributed by atoms with Crippen LogP contribution in [0.1, 0.15) is 39.1 Å². The average Bonchev–Trinajstić information content (AvgIpc) is 2.70. The molecule has 6 nitrogen and oxygen atoms in total. The van der Waals surface area contributed by atoms with Crippen molar-refractivity contribution in [1.82, 2.24) is 9.88 Å². The first-order valence-electron chi connectivity index (χ1n) is 9.14. The second kappa shape index (κ2) is 7.23. The van der Waals surface area contributed by atoms with Crippen LogP contribution in [-0.4, -0.2) is 34.2 Å². The fourth-order valence-corrected chi connectivity index (χ4v) is 3.49. The van der Waals surface area contributed by atoms with E-state index in [1.807, 2.05) is 37.3 Å². The van der Waals surface area contributed by atoms with Gasteiger partial charge in [-0.05, 0) is 42.5 Å². The number of pyridine rings is 1. The highest BCUT2D eigenvalue weighted by molar-refractivity contribution is 6.25. The van der Waals surface area contributed by atoms with E-state index in [0.29, 0.717) is 28.6 Å². The zero-order valence-electron chi connectivity index (χ0n) is 15.4. The third-order valence-electron chi connectivity index (χ3n) is 4.95. The molecule has 3 amide bonds. The van der Waals surface area contributed by atoms with Crippen LogP contribution in [0.2, 0.25) is 0 Å². The second-order valence-corrected chi connectivity index (χ2v) is 6.81. The van der Waals surface area contributed by atoms with Gasteiger partial charge in [-0.15, -0.1) is 0 Å². The fourth-order valence-electron chi connectivity index (χ4n) is 3.49. The van der Waals surface area contributed by atoms with Crippen LogP contribution in [0.5, 0.6) is 0 Å². The highest BCUT2D eigenvalue weighted by Crippen LogP contribution is 2.30. The molecule has 2 heterocycles. The van der Waals surface area contributed by atoms with Crippen molar-refractivity contribution in [2.24, 2.45) is 0 Å². The Hall–Kier alpha value is -3.54. The molecule has 28 heavy (non-hydrogen) atoms. The lowest BCUT2D eigenvalue weighted by molar-refractivity contribution is -0.116. The summed E-state index contributed by atoms with van der Waals surface area (Å²) in [6, 6.07) is 12.7. The zero-order valence-corrected chi connectivity index (χ0v) is 15.4. The third-order valence-corrected chi connectivity index (χ3v) is 4.95. The van der Waals surface area contributed by atoms with Crippen LogP contribution in [0.25, 0.3) is 10.8 Å². The first kappa shape index (κ1) is 17.9. The first-order chi connectivity index (χ1) is 13.6. The van der Waals surface area contributed by atoms with Crippen LogP contribution >= 0.6 is 0 Å². The molecule has 1 N–H and O–H groups in total. The van der Waals surface area contributed by atoms with E-state index >= 15 is 0 Å². The van der Waals surface area contributed by atoms with Crippen LogP contribution in [0.4, 0.5) is 5.69 Å². The van der Waals surface area contributed by atoms with Crippen molar-refractivity contribution in [3.63, 3.8) is 0 Å². The predicted molar refractivity (Wildman–Crippen MR) is 106 cm³/mol. The van der Waals surface area contributed by atoms with Gasteiger partial charge in [0.25, 0.3) is 11.8 Å². The SMILES string of the molecule is Cc1ccncc1NC(=O)CCCN1C(=O)c2cccc3cccc(c23)C1=O. The largest absolute Gasteiger partial charge is 0.325 e. The highest BCUT2D eigenvalue weighted by Gasteiger charge is 2.32. The van der Waals surface area contributed by atoms with E-state index in [2.05, 4.69) is 10.3 Å². The fraction of sp³-hybridized carbons (Fsp3) is 0.182. The number of carbonyl (C=O) groups excluding carboxylic acids is 3. The zero-order chi connectivity index (χ0) is 19.7. The number of amides is 3. The maximum Gasteiger partial charge on any atom is 0.261 e. The van der Waals surface area contributed by atoms with Crippen LogP contribution < -0.4 is 5.32 Å². The van der Waals surface area contributed by atoms with E-state index in [0.717, 1.165) is 10.9 Å². The molecular formula is C22H19N3O3. The number of hydrogen-bond donors (Lipinski definition) is 1. The normalized spacial score (nSPS) is 13.1. The monoisotopic (exact) mass is 373 g/mol. The molecule has 140 valence electrons. The molecule has 1 aromatic heterocycles. The number of anilines is 1. The van der Waals surface area contributed by atoms with E-state index in [4.69, 9.17) is 0 Å². The number of aryl methyl sites for hydroxylation is 1. The minimum atomic E-state index is -0.308. The Morgan fingerprint density at radius 1 is 1.04 bits per heavy atom. The summed E-state index contributed by atoms with van der Waals surface area (Å²) >= 11 is 0. The molecule has 1 aliphatic heterocycles. The predicted octanol–water partition coefficient (Wildman–Crippen LogP) is 3.56. The van der Waals surface area contributed by atoms with Crippen molar-refractivity contribution in [1.29, 1.82) is 0 Å². The number of nitrogens with one attached hydrogen (secondary N) is 1. The highest BCUT2D eigenvalue weighted by atomic mass is 16.2. The first-order valence-corrected chi connectivity index (χ1v) is 9.14. The van der Waals surface area contributed by atoms with Gasteiger partial charge in [0.15, 0.2) is 0 Å². The molecular weight excluding hydrogens is 354 g/mol. The molecule has 3 aromatic rings. The number of nitrogens with zero attached hydrogens (tertiary/aromatic N) is 2. The third kappa shape index (κ3) is 3.13. The lowest BCUT2D eigenvalue weighted by Crippen LogP contribution is -2.41. The average molecular weight is 373 g/mol. The quantitative estimate of drug-likeness (QED) is 0.694. The van der Waals surface area contributed by atoms with Gasteiger partial charge in [-0.3, -0.25) is 24.3 Å². The number of hydrogen-bond acceptors (Lipinski definition) is 4. The van der Waals surface area contributed by atoms with Crippen molar-refractivity contribution in [2.45, 2.75) is 19.8 Å². The Bertz CT molecular complexity index is 1060. The van der Waals surface area contributed by atoms with Gasteiger partial charge in [0.2, 0.25) is 5.91 Å². The lowest BCUT2D eigenvalue weighted by Gasteiger charge is -2.27. The molecule has 2 aromatic carbocycles. The summed E-state index contributed by atoms with van der Waals surface area (Å²) < 4.78 is 0. The van der Waals surface area contributed by atoms with Crippen LogP contribution in [-0.2, 0) is 4.79 Å². The van der Waals surface area contributed by atoms with Gasteiger partial charge < -0.3 is 5.32 Å². The Morgan fingerprint density at radius 2 is 1.71 bits per heavy atom. The van der Waals surface area contributed by atoms with Gasteiger partial charge >= 0.3 is 0 Å². The van der Waals surface area contributed by atoms with E-state index in [9.17, 15) is 14.4 Å². The Morgan fingerprint density at radius 3 is 2.36 bits per heavy atom. The van der Waals surface area contributed by atoms with Gasteiger partial charge in [-0.2, -0.15) is 0 Å². The van der Waals surface area contributed by atoms with E-state index in [1.165, 1.54) is 4.90 Å². The number of imide groups is 1.